The van der Waals surface area contributed by atoms with E-state index in [2.05, 4.69) is 9.68 Å². The van der Waals surface area contributed by atoms with E-state index in [1.54, 1.807) is 12.3 Å². The monoisotopic (exact) mass is 93.0 g/mol. The number of nitrogens with zero attached hydrogens (tertiary/aromatic N) is 1. The maximum atomic E-state index is 4.33. The van der Waals surface area contributed by atoms with E-state index in [0.717, 1.165) is 0 Å². The van der Waals surface area contributed by atoms with Crippen molar-refractivity contribution in [3.63, 3.8) is 0 Å². The van der Waals surface area contributed by atoms with Gasteiger partial charge in [0.05, 0.1) is 6.20 Å². The zero-order chi connectivity index (χ0) is 3.54. The van der Waals surface area contributed by atoms with E-state index in [9.17, 15) is 0 Å². The molecule has 1 aromatic rings. The molecule has 0 amide bonds. The van der Waals surface area contributed by atoms with Crippen molar-refractivity contribution in [2.45, 2.75) is 0 Å². The van der Waals surface area contributed by atoms with Crippen LogP contribution in [0.3, 0.4) is 0 Å². The molecule has 0 saturated carbocycles. The summed E-state index contributed by atoms with van der Waals surface area (Å²) in [6.45, 7) is 0. The smallest absolute Gasteiger partial charge is 0.123 e. The van der Waals surface area contributed by atoms with Crippen LogP contribution in [0.1, 0.15) is 0 Å². The molecule has 0 saturated heterocycles. The zero-order valence-electron chi connectivity index (χ0n) is 2.59. The minimum Gasteiger partial charge on any atom is -0.365 e. The van der Waals surface area contributed by atoms with E-state index >= 15 is 0 Å². The summed E-state index contributed by atoms with van der Waals surface area (Å²) in [7, 11) is 0. The summed E-state index contributed by atoms with van der Waals surface area (Å²) >= 11 is 0. The second kappa shape index (κ2) is 3.40. The van der Waals surface area contributed by atoms with Gasteiger partial charge in [0.2, 0.25) is 0 Å². The molecule has 1 rings (SSSR count). The molecule has 0 aliphatic heterocycles. The predicted octanol–water partition coefficient (Wildman–Crippen LogP) is 0.0261. The Balaban J connectivity index is 0.000000250. The van der Waals surface area contributed by atoms with Crippen LogP contribution in [0.2, 0.25) is 0 Å². The molecule has 6 heavy (non-hydrogen) atoms. The maximum Gasteiger partial charge on any atom is 0.123 e. The number of hydrogen-bond donors (Lipinski definition) is 0. The largest absolute Gasteiger partial charge is 0.365 e. The minimum atomic E-state index is 0. The average molecular weight is 93.1 g/mol. The van der Waals surface area contributed by atoms with Crippen LogP contribution < -0.4 is 0 Å². The van der Waals surface area contributed by atoms with E-state index in [4.69, 9.17) is 0 Å². The van der Waals surface area contributed by atoms with Gasteiger partial charge in [0.25, 0.3) is 0 Å². The number of rotatable bonds is 0. The Morgan fingerprint density at radius 3 is 2.50 bits per heavy atom. The Hall–Kier alpha value is 0.210. The Morgan fingerprint density at radius 2 is 2.33 bits per heavy atom. The third-order valence-electron chi connectivity index (χ3n) is 0.347. The van der Waals surface area contributed by atoms with Crippen molar-refractivity contribution in [1.29, 1.82) is 0 Å². The van der Waals surface area contributed by atoms with Gasteiger partial charge in [-0.25, -0.2) is 0 Å². The van der Waals surface area contributed by atoms with Gasteiger partial charge in [-0.2, -0.15) is 0 Å². The molecule has 1 heterocycles. The van der Waals surface area contributed by atoms with Gasteiger partial charge in [0.15, 0.2) is 0 Å². The van der Waals surface area contributed by atoms with Crippen LogP contribution in [0.4, 0.5) is 0 Å². The second-order valence-electron chi connectivity index (χ2n) is 0.688. The van der Waals surface area contributed by atoms with Gasteiger partial charge in [-0.05, 0) is 6.07 Å². The molecule has 2 nitrogen and oxygen atoms in total. The van der Waals surface area contributed by atoms with Crippen LogP contribution in [0.5, 0.6) is 0 Å². The van der Waals surface area contributed by atoms with Crippen LogP contribution in [0.15, 0.2) is 23.0 Å². The molecule has 28 valence electrons. The van der Waals surface area contributed by atoms with E-state index in [1.807, 2.05) is 0 Å². The van der Waals surface area contributed by atoms with Crippen LogP contribution >= 0.6 is 0 Å². The van der Waals surface area contributed by atoms with E-state index < -0.39 is 0 Å². The molecular weight excluding hydrogens is 89.0 g/mol. The molecule has 0 bridgehead atoms. The molecule has 0 aliphatic rings. The molecule has 0 atom stereocenters. The molecule has 1 aromatic heterocycles. The molecule has 0 radical (unpaired) electrons. The normalized spacial score (nSPS) is 6.67. The molecule has 0 aliphatic carbocycles. The SMILES string of the molecule is [NaH].c1cnoc1. The van der Waals surface area contributed by atoms with Gasteiger partial charge in [-0.15, -0.1) is 0 Å². The molecule has 3 heteroatoms. The molecule has 0 spiro atoms. The Labute approximate surface area is 57.8 Å². The van der Waals surface area contributed by atoms with Crippen molar-refractivity contribution in [1.82, 2.24) is 5.16 Å². The summed E-state index contributed by atoms with van der Waals surface area (Å²) in [4.78, 5) is 0. The van der Waals surface area contributed by atoms with Gasteiger partial charge in [0, 0.05) is 0 Å². The molecular formula is C3H4NNaO. The number of hydrogen-bond acceptors (Lipinski definition) is 2. The van der Waals surface area contributed by atoms with Gasteiger partial charge in [-0.3, -0.25) is 0 Å². The van der Waals surface area contributed by atoms with Gasteiger partial charge in [-0.1, -0.05) is 5.16 Å². The quantitative estimate of drug-likeness (QED) is 0.423. The molecule has 0 unspecified atom stereocenters. The molecule has 0 N–H and O–H groups in total. The molecule has 0 fully saturated rings. The van der Waals surface area contributed by atoms with Crippen molar-refractivity contribution in [2.24, 2.45) is 0 Å². The summed E-state index contributed by atoms with van der Waals surface area (Å²) in [5, 5.41) is 3.35. The van der Waals surface area contributed by atoms with Crippen LogP contribution in [0, 0.1) is 0 Å². The fourth-order valence-electron chi connectivity index (χ4n) is 0.176. The third kappa shape index (κ3) is 1.60. The Morgan fingerprint density at radius 1 is 1.50 bits per heavy atom. The predicted molar refractivity (Wildman–Crippen MR) is 23.7 cm³/mol. The first-order valence-corrected chi connectivity index (χ1v) is 1.34. The third-order valence-corrected chi connectivity index (χ3v) is 0.347. The molecule has 0 aromatic carbocycles. The van der Waals surface area contributed by atoms with E-state index in [-0.39, 0.29) is 29.6 Å². The minimum absolute atomic E-state index is 0. The summed E-state index contributed by atoms with van der Waals surface area (Å²) in [6, 6.07) is 1.72. The van der Waals surface area contributed by atoms with Crippen molar-refractivity contribution in [2.75, 3.05) is 0 Å². The second-order valence-corrected chi connectivity index (χ2v) is 0.688. The van der Waals surface area contributed by atoms with Gasteiger partial charge < -0.3 is 4.52 Å². The summed E-state index contributed by atoms with van der Waals surface area (Å²) in [5.74, 6) is 0. The van der Waals surface area contributed by atoms with Crippen molar-refractivity contribution < 1.29 is 4.52 Å². The van der Waals surface area contributed by atoms with Crippen molar-refractivity contribution in [3.8, 4) is 0 Å². The standard InChI is InChI=1S/C3H3NO.Na.H/c1-2-4-5-3-1;;/h1-3H;;. The summed E-state index contributed by atoms with van der Waals surface area (Å²) in [5.41, 5.74) is 0. The van der Waals surface area contributed by atoms with Crippen LogP contribution in [-0.2, 0) is 0 Å². The Bertz CT molecular complexity index is 67.3. The fourth-order valence-corrected chi connectivity index (χ4v) is 0.176. The first-order chi connectivity index (χ1) is 2.50. The number of aromatic nitrogens is 1. The zero-order valence-corrected chi connectivity index (χ0v) is 2.59. The van der Waals surface area contributed by atoms with Crippen molar-refractivity contribution >= 4 is 29.6 Å². The first kappa shape index (κ1) is 6.21. The average Bonchev–Trinajstić information content (AvgIpc) is 1.76. The maximum absolute atomic E-state index is 4.33. The summed E-state index contributed by atoms with van der Waals surface area (Å²) < 4.78 is 4.33. The van der Waals surface area contributed by atoms with Crippen LogP contribution in [-0.4, -0.2) is 34.7 Å². The Kier molecular flexibility index (Phi) is 3.52. The van der Waals surface area contributed by atoms with E-state index in [0.29, 0.717) is 0 Å². The van der Waals surface area contributed by atoms with E-state index in [1.165, 1.54) is 6.26 Å². The summed E-state index contributed by atoms with van der Waals surface area (Å²) in [6.07, 6.45) is 3.10. The van der Waals surface area contributed by atoms with Gasteiger partial charge >= 0.3 is 29.6 Å². The van der Waals surface area contributed by atoms with Crippen molar-refractivity contribution in [3.05, 3.63) is 18.5 Å². The van der Waals surface area contributed by atoms with Gasteiger partial charge in [0.1, 0.15) is 6.26 Å². The van der Waals surface area contributed by atoms with Crippen LogP contribution in [0.25, 0.3) is 0 Å². The first-order valence-electron chi connectivity index (χ1n) is 1.34. The fraction of sp³-hybridized carbons (Fsp3) is 0. The topological polar surface area (TPSA) is 26.0 Å².